The molecule has 2 N–H and O–H groups in total. The number of likely N-dealkylation sites (N-methyl/N-ethyl adjacent to an activating group) is 1. The van der Waals surface area contributed by atoms with Gasteiger partial charge in [-0.25, -0.2) is 4.99 Å². The average Bonchev–Trinajstić information content (AvgIpc) is 2.53. The summed E-state index contributed by atoms with van der Waals surface area (Å²) < 4.78 is 0. The van der Waals surface area contributed by atoms with Crippen LogP contribution in [0.3, 0.4) is 0 Å². The summed E-state index contributed by atoms with van der Waals surface area (Å²) in [5.41, 5.74) is 1.34. The van der Waals surface area contributed by atoms with Gasteiger partial charge in [0.15, 0.2) is 5.96 Å². The molecule has 0 spiro atoms. The van der Waals surface area contributed by atoms with Crippen LogP contribution in [0.1, 0.15) is 25.8 Å². The molecular formula is C18H30N4O. The lowest BCUT2D eigenvalue weighted by molar-refractivity contribution is -0.127. The lowest BCUT2D eigenvalue weighted by atomic mass is 10.1. The maximum Gasteiger partial charge on any atom is 0.243 e. The monoisotopic (exact) mass is 318 g/mol. The van der Waals surface area contributed by atoms with E-state index in [-0.39, 0.29) is 12.5 Å². The molecule has 0 aliphatic carbocycles. The van der Waals surface area contributed by atoms with Crippen molar-refractivity contribution in [2.75, 3.05) is 33.7 Å². The highest BCUT2D eigenvalue weighted by molar-refractivity contribution is 5.84. The van der Waals surface area contributed by atoms with E-state index in [0.29, 0.717) is 11.9 Å². The Balaban J connectivity index is 2.42. The lowest BCUT2D eigenvalue weighted by Gasteiger charge is -2.15. The molecule has 0 saturated carbocycles. The van der Waals surface area contributed by atoms with Crippen LogP contribution in [0.4, 0.5) is 0 Å². The molecular weight excluding hydrogens is 288 g/mol. The molecule has 5 nitrogen and oxygen atoms in total. The largest absolute Gasteiger partial charge is 0.356 e. The number of aryl methyl sites for hydroxylation is 1. The number of hydrogen-bond donors (Lipinski definition) is 2. The quantitative estimate of drug-likeness (QED) is 0.437. The number of aliphatic imine (C=N–C) groups is 1. The van der Waals surface area contributed by atoms with Crippen molar-refractivity contribution < 1.29 is 4.79 Å². The topological polar surface area (TPSA) is 56.7 Å². The fourth-order valence-electron chi connectivity index (χ4n) is 1.91. The van der Waals surface area contributed by atoms with Crippen molar-refractivity contribution >= 4 is 11.9 Å². The zero-order valence-electron chi connectivity index (χ0n) is 14.8. The van der Waals surface area contributed by atoms with Crippen LogP contribution in [-0.4, -0.2) is 50.5 Å². The molecule has 0 radical (unpaired) electrons. The molecule has 0 fully saturated rings. The normalized spacial score (nSPS) is 11.4. The second-order valence-electron chi connectivity index (χ2n) is 6.24. The third kappa shape index (κ3) is 8.86. The minimum Gasteiger partial charge on any atom is -0.356 e. The van der Waals surface area contributed by atoms with Crippen molar-refractivity contribution in [1.29, 1.82) is 0 Å². The number of rotatable bonds is 8. The minimum atomic E-state index is -0.0000625. The zero-order valence-corrected chi connectivity index (χ0v) is 14.8. The van der Waals surface area contributed by atoms with Crippen LogP contribution < -0.4 is 10.6 Å². The maximum atomic E-state index is 11.7. The number of nitrogens with one attached hydrogen (secondary N) is 2. The van der Waals surface area contributed by atoms with Crippen LogP contribution in [0.2, 0.25) is 0 Å². The van der Waals surface area contributed by atoms with Gasteiger partial charge < -0.3 is 15.5 Å². The summed E-state index contributed by atoms with van der Waals surface area (Å²) in [7, 11) is 3.48. The summed E-state index contributed by atoms with van der Waals surface area (Å²) in [5, 5.41) is 6.59. The molecule has 1 aromatic rings. The Hall–Kier alpha value is -2.04. The predicted octanol–water partition coefficient (Wildman–Crippen LogP) is 1.90. The van der Waals surface area contributed by atoms with E-state index >= 15 is 0 Å². The Morgan fingerprint density at radius 3 is 2.48 bits per heavy atom. The van der Waals surface area contributed by atoms with Crippen LogP contribution in [0.25, 0.3) is 0 Å². The smallest absolute Gasteiger partial charge is 0.243 e. The number of nitrogens with zero attached hydrogens (tertiary/aromatic N) is 2. The van der Waals surface area contributed by atoms with Crippen molar-refractivity contribution in [3.8, 4) is 0 Å². The molecule has 0 heterocycles. The van der Waals surface area contributed by atoms with Gasteiger partial charge in [0.1, 0.15) is 6.54 Å². The Bertz CT molecular complexity index is 483. The first-order valence-corrected chi connectivity index (χ1v) is 8.25. The van der Waals surface area contributed by atoms with E-state index in [1.165, 1.54) is 5.56 Å². The van der Waals surface area contributed by atoms with E-state index in [4.69, 9.17) is 0 Å². The van der Waals surface area contributed by atoms with Gasteiger partial charge in [-0.1, -0.05) is 44.2 Å². The zero-order chi connectivity index (χ0) is 17.1. The van der Waals surface area contributed by atoms with Crippen LogP contribution >= 0.6 is 0 Å². The summed E-state index contributed by atoms with van der Waals surface area (Å²) in [6.45, 7) is 6.12. The van der Waals surface area contributed by atoms with E-state index in [2.05, 4.69) is 53.7 Å². The average molecular weight is 318 g/mol. The molecule has 1 rings (SSSR count). The summed E-state index contributed by atoms with van der Waals surface area (Å²) >= 11 is 0. The molecule has 1 amide bonds. The fourth-order valence-corrected chi connectivity index (χ4v) is 1.91. The number of carbonyl (C=O) groups excluding carboxylic acids is 1. The van der Waals surface area contributed by atoms with Crippen LogP contribution in [0.15, 0.2) is 35.3 Å². The van der Waals surface area contributed by atoms with E-state index in [1.807, 2.05) is 6.07 Å². The van der Waals surface area contributed by atoms with E-state index in [9.17, 15) is 4.79 Å². The second-order valence-corrected chi connectivity index (χ2v) is 6.24. The van der Waals surface area contributed by atoms with Gasteiger partial charge in [-0.2, -0.15) is 0 Å². The first kappa shape index (κ1) is 19.0. The molecule has 1 aromatic carbocycles. The van der Waals surface area contributed by atoms with Gasteiger partial charge in [0.2, 0.25) is 5.91 Å². The van der Waals surface area contributed by atoms with Gasteiger partial charge in [-0.3, -0.25) is 4.79 Å². The highest BCUT2D eigenvalue weighted by atomic mass is 16.2. The molecule has 128 valence electrons. The number of carbonyl (C=O) groups is 1. The molecule has 0 aromatic heterocycles. The van der Waals surface area contributed by atoms with E-state index in [1.54, 1.807) is 19.0 Å². The van der Waals surface area contributed by atoms with Gasteiger partial charge >= 0.3 is 0 Å². The lowest BCUT2D eigenvalue weighted by Crippen LogP contribution is -2.40. The third-order valence-electron chi connectivity index (χ3n) is 3.33. The number of guanidine groups is 1. The van der Waals surface area contributed by atoms with Crippen molar-refractivity contribution in [2.45, 2.75) is 26.7 Å². The van der Waals surface area contributed by atoms with Crippen LogP contribution in [-0.2, 0) is 11.2 Å². The summed E-state index contributed by atoms with van der Waals surface area (Å²) in [5.74, 6) is 1.23. The van der Waals surface area contributed by atoms with Crippen molar-refractivity contribution in [1.82, 2.24) is 15.5 Å². The Kier molecular flexibility index (Phi) is 8.80. The van der Waals surface area contributed by atoms with E-state index < -0.39 is 0 Å². The van der Waals surface area contributed by atoms with E-state index in [0.717, 1.165) is 25.9 Å². The molecule has 0 atom stereocenters. The van der Waals surface area contributed by atoms with Crippen molar-refractivity contribution in [2.24, 2.45) is 10.9 Å². The molecule has 23 heavy (non-hydrogen) atoms. The molecule has 0 bridgehead atoms. The Labute approximate surface area is 140 Å². The van der Waals surface area contributed by atoms with Gasteiger partial charge in [-0.05, 0) is 24.3 Å². The van der Waals surface area contributed by atoms with Gasteiger partial charge in [0.25, 0.3) is 0 Å². The van der Waals surface area contributed by atoms with Gasteiger partial charge in [0.05, 0.1) is 0 Å². The highest BCUT2D eigenvalue weighted by Gasteiger charge is 2.05. The Morgan fingerprint density at radius 1 is 1.17 bits per heavy atom. The standard InChI is InChI=1S/C18H30N4O/c1-15(2)13-20-18(21-14-17(23)22(3)4)19-12-8-11-16-9-6-5-7-10-16/h5-7,9-10,15H,8,11-14H2,1-4H3,(H2,19,20,21). The maximum absolute atomic E-state index is 11.7. The fraction of sp³-hybridized carbons (Fsp3) is 0.556. The minimum absolute atomic E-state index is 0.0000625. The SMILES string of the molecule is CC(C)CNC(=NCC(=O)N(C)C)NCCCc1ccccc1. The third-order valence-corrected chi connectivity index (χ3v) is 3.33. The van der Waals surface area contributed by atoms with Crippen LogP contribution in [0, 0.1) is 5.92 Å². The van der Waals surface area contributed by atoms with Gasteiger partial charge in [0, 0.05) is 27.2 Å². The Morgan fingerprint density at radius 2 is 1.87 bits per heavy atom. The molecule has 0 saturated heterocycles. The number of benzene rings is 1. The number of hydrogen-bond acceptors (Lipinski definition) is 2. The van der Waals surface area contributed by atoms with Crippen molar-refractivity contribution in [3.63, 3.8) is 0 Å². The van der Waals surface area contributed by atoms with Crippen LogP contribution in [0.5, 0.6) is 0 Å². The summed E-state index contributed by atoms with van der Waals surface area (Å²) in [6.07, 6.45) is 2.05. The number of amides is 1. The molecule has 0 aliphatic rings. The first-order chi connectivity index (χ1) is 11.0. The molecule has 5 heteroatoms. The van der Waals surface area contributed by atoms with Gasteiger partial charge in [-0.15, -0.1) is 0 Å². The first-order valence-electron chi connectivity index (χ1n) is 8.25. The molecule has 0 unspecified atom stereocenters. The highest BCUT2D eigenvalue weighted by Crippen LogP contribution is 2.01. The molecule has 0 aliphatic heterocycles. The second kappa shape index (κ2) is 10.6. The van der Waals surface area contributed by atoms with Crippen molar-refractivity contribution in [3.05, 3.63) is 35.9 Å². The predicted molar refractivity (Wildman–Crippen MR) is 96.6 cm³/mol. The summed E-state index contributed by atoms with van der Waals surface area (Å²) in [6, 6.07) is 10.4. The summed E-state index contributed by atoms with van der Waals surface area (Å²) in [4.78, 5) is 17.6.